The maximum Gasteiger partial charge on any atom is 0.416 e. The minimum Gasteiger partial charge on any atom is -0.480 e. The fraction of sp³-hybridized carbons (Fsp3) is 0.316. The van der Waals surface area contributed by atoms with Gasteiger partial charge in [-0.25, -0.2) is 4.79 Å². The van der Waals surface area contributed by atoms with Crippen LogP contribution in [0.25, 0.3) is 0 Å². The largest absolute Gasteiger partial charge is 0.480 e. The van der Waals surface area contributed by atoms with E-state index in [1.54, 1.807) is 11.8 Å². The topological polar surface area (TPSA) is 83.7 Å². The zero-order chi connectivity index (χ0) is 20.7. The molecule has 2 atom stereocenters. The second kappa shape index (κ2) is 6.81. The molecule has 1 saturated heterocycles. The highest BCUT2D eigenvalue weighted by Gasteiger charge is 2.48. The predicted octanol–water partition coefficient (Wildman–Crippen LogP) is 4.45. The Balaban J connectivity index is 1.91. The van der Waals surface area contributed by atoms with E-state index in [4.69, 9.17) is 0 Å². The molecule has 2 aromatic rings. The van der Waals surface area contributed by atoms with Gasteiger partial charge in [-0.2, -0.15) is 13.2 Å². The van der Waals surface area contributed by atoms with Crippen LogP contribution in [0.5, 0.6) is 0 Å². The summed E-state index contributed by atoms with van der Waals surface area (Å²) in [7, 11) is 0. The number of hydrogen-bond acceptors (Lipinski definition) is 4. The van der Waals surface area contributed by atoms with Gasteiger partial charge in [-0.3, -0.25) is 10.1 Å². The fourth-order valence-electron chi connectivity index (χ4n) is 3.59. The molecule has 0 saturated carbocycles. The Morgan fingerprint density at radius 1 is 1.18 bits per heavy atom. The predicted molar refractivity (Wildman–Crippen MR) is 95.3 cm³/mol. The van der Waals surface area contributed by atoms with Gasteiger partial charge in [0.05, 0.1) is 10.5 Å². The molecule has 0 aliphatic carbocycles. The maximum absolute atomic E-state index is 12.8. The molecule has 2 aromatic carbocycles. The van der Waals surface area contributed by atoms with Crippen molar-refractivity contribution >= 4 is 17.3 Å². The highest BCUT2D eigenvalue weighted by atomic mass is 19.4. The summed E-state index contributed by atoms with van der Waals surface area (Å²) in [5.74, 6) is -1.36. The Morgan fingerprint density at radius 2 is 1.75 bits per heavy atom. The number of nitrogens with zero attached hydrogens (tertiary/aromatic N) is 2. The molecule has 6 nitrogen and oxygen atoms in total. The fourth-order valence-corrected chi connectivity index (χ4v) is 3.59. The summed E-state index contributed by atoms with van der Waals surface area (Å²) in [6.07, 6.45) is -4.24. The highest BCUT2D eigenvalue weighted by molar-refractivity contribution is 5.84. The average Bonchev–Trinajstić information content (AvgIpc) is 3.00. The van der Waals surface area contributed by atoms with Gasteiger partial charge in [0.2, 0.25) is 0 Å². The van der Waals surface area contributed by atoms with Gasteiger partial charge in [-0.15, -0.1) is 0 Å². The third kappa shape index (κ3) is 3.51. The standard InChI is InChI=1S/C19H17F3N2O4/c1-18(17(25)26)10-13(12-2-4-14(5-3-12)19(20,21)22)11-23(18)15-6-8-16(9-7-15)24(27)28/h2-9,13H,10-11H2,1H3,(H,25,26)/t13?,18-/m0/s1. The van der Waals surface area contributed by atoms with E-state index in [-0.39, 0.29) is 24.6 Å². The average molecular weight is 394 g/mol. The Labute approximate surface area is 158 Å². The summed E-state index contributed by atoms with van der Waals surface area (Å²) >= 11 is 0. The van der Waals surface area contributed by atoms with E-state index in [0.717, 1.165) is 12.1 Å². The third-order valence-electron chi connectivity index (χ3n) is 5.18. The van der Waals surface area contributed by atoms with Crippen molar-refractivity contribution in [3.63, 3.8) is 0 Å². The number of aliphatic carboxylic acids is 1. The smallest absolute Gasteiger partial charge is 0.416 e. The molecule has 0 spiro atoms. The molecule has 1 unspecified atom stereocenters. The monoisotopic (exact) mass is 394 g/mol. The van der Waals surface area contributed by atoms with Gasteiger partial charge in [0.25, 0.3) is 5.69 Å². The van der Waals surface area contributed by atoms with Crippen molar-refractivity contribution < 1.29 is 28.0 Å². The minimum absolute atomic E-state index is 0.112. The van der Waals surface area contributed by atoms with E-state index >= 15 is 0 Å². The maximum atomic E-state index is 12.8. The first-order chi connectivity index (χ1) is 13.0. The number of anilines is 1. The van der Waals surface area contributed by atoms with Crippen LogP contribution in [0.2, 0.25) is 0 Å². The summed E-state index contributed by atoms with van der Waals surface area (Å²) < 4.78 is 38.3. The molecule has 0 aromatic heterocycles. The Morgan fingerprint density at radius 3 is 2.21 bits per heavy atom. The van der Waals surface area contributed by atoms with Crippen LogP contribution in [0.1, 0.15) is 30.4 Å². The Kier molecular flexibility index (Phi) is 4.78. The molecule has 1 heterocycles. The van der Waals surface area contributed by atoms with Crippen molar-refractivity contribution in [1.29, 1.82) is 0 Å². The molecule has 1 fully saturated rings. The molecule has 148 valence electrons. The summed E-state index contributed by atoms with van der Waals surface area (Å²) in [6, 6.07) is 10.3. The van der Waals surface area contributed by atoms with Crippen molar-refractivity contribution in [3.8, 4) is 0 Å². The van der Waals surface area contributed by atoms with Crippen molar-refractivity contribution in [1.82, 2.24) is 0 Å². The zero-order valence-electron chi connectivity index (χ0n) is 14.8. The number of hydrogen-bond donors (Lipinski definition) is 1. The third-order valence-corrected chi connectivity index (χ3v) is 5.18. The second-order valence-corrected chi connectivity index (χ2v) is 6.98. The number of carboxylic acid groups (broad SMARTS) is 1. The van der Waals surface area contributed by atoms with Crippen molar-refractivity contribution in [2.45, 2.75) is 31.0 Å². The van der Waals surface area contributed by atoms with Crippen LogP contribution in [0.15, 0.2) is 48.5 Å². The lowest BCUT2D eigenvalue weighted by molar-refractivity contribution is -0.384. The number of carbonyl (C=O) groups is 1. The lowest BCUT2D eigenvalue weighted by atomic mass is 9.89. The number of halogens is 3. The summed E-state index contributed by atoms with van der Waals surface area (Å²) in [5.41, 5.74) is -1.04. The summed E-state index contributed by atoms with van der Waals surface area (Å²) in [4.78, 5) is 23.8. The quantitative estimate of drug-likeness (QED) is 0.612. The van der Waals surface area contributed by atoms with Crippen molar-refractivity contribution in [2.24, 2.45) is 0 Å². The number of rotatable bonds is 4. The second-order valence-electron chi connectivity index (χ2n) is 6.98. The van der Waals surface area contributed by atoms with Gasteiger partial charge in [-0.05, 0) is 43.2 Å². The van der Waals surface area contributed by atoms with E-state index in [9.17, 15) is 33.2 Å². The van der Waals surface area contributed by atoms with Crippen LogP contribution in [0, 0.1) is 10.1 Å². The first-order valence-electron chi connectivity index (χ1n) is 8.45. The Bertz CT molecular complexity index is 897. The molecule has 1 aliphatic heterocycles. The zero-order valence-corrected chi connectivity index (χ0v) is 14.8. The molecular weight excluding hydrogens is 377 g/mol. The van der Waals surface area contributed by atoms with Crippen LogP contribution in [-0.4, -0.2) is 28.1 Å². The number of benzene rings is 2. The number of non-ortho nitro benzene ring substituents is 1. The first kappa shape index (κ1) is 19.7. The Hall–Kier alpha value is -3.10. The van der Waals surface area contributed by atoms with Gasteiger partial charge in [0.15, 0.2) is 0 Å². The molecule has 0 radical (unpaired) electrons. The van der Waals surface area contributed by atoms with E-state index in [1.165, 1.54) is 36.4 Å². The normalized spacial score (nSPS) is 22.3. The minimum atomic E-state index is -4.44. The molecule has 1 N–H and O–H groups in total. The van der Waals surface area contributed by atoms with Crippen LogP contribution >= 0.6 is 0 Å². The van der Waals surface area contributed by atoms with Gasteiger partial charge in [0, 0.05) is 30.3 Å². The van der Waals surface area contributed by atoms with E-state index in [1.807, 2.05) is 0 Å². The molecule has 1 aliphatic rings. The number of alkyl halides is 3. The summed E-state index contributed by atoms with van der Waals surface area (Å²) in [5, 5.41) is 20.6. The van der Waals surface area contributed by atoms with Crippen LogP contribution < -0.4 is 4.90 Å². The summed E-state index contributed by atoms with van der Waals surface area (Å²) in [6.45, 7) is 1.81. The van der Waals surface area contributed by atoms with Crippen LogP contribution in [0.3, 0.4) is 0 Å². The van der Waals surface area contributed by atoms with Gasteiger partial charge in [0.1, 0.15) is 5.54 Å². The van der Waals surface area contributed by atoms with E-state index < -0.39 is 28.2 Å². The van der Waals surface area contributed by atoms with Gasteiger partial charge >= 0.3 is 12.1 Å². The SMILES string of the molecule is C[C@@]1(C(=O)O)CC(c2ccc(C(F)(F)F)cc2)CN1c1ccc([N+](=O)[O-])cc1. The molecule has 28 heavy (non-hydrogen) atoms. The molecule has 0 bridgehead atoms. The van der Waals surface area contributed by atoms with Crippen molar-refractivity contribution in [2.75, 3.05) is 11.4 Å². The first-order valence-corrected chi connectivity index (χ1v) is 8.45. The van der Waals surface area contributed by atoms with E-state index in [0.29, 0.717) is 11.3 Å². The lowest BCUT2D eigenvalue weighted by Gasteiger charge is -2.32. The lowest BCUT2D eigenvalue weighted by Crippen LogP contribution is -2.48. The number of nitro groups is 1. The molecular formula is C19H17F3N2O4. The molecule has 9 heteroatoms. The molecule has 3 rings (SSSR count). The molecule has 0 amide bonds. The van der Waals surface area contributed by atoms with Gasteiger partial charge in [-0.1, -0.05) is 12.1 Å². The highest BCUT2D eigenvalue weighted by Crippen LogP contribution is 2.42. The number of nitro benzene ring substituents is 1. The van der Waals surface area contributed by atoms with Crippen LogP contribution in [-0.2, 0) is 11.0 Å². The van der Waals surface area contributed by atoms with Gasteiger partial charge < -0.3 is 10.0 Å². The number of carboxylic acids is 1. The van der Waals surface area contributed by atoms with Crippen LogP contribution in [0.4, 0.5) is 24.5 Å². The van der Waals surface area contributed by atoms with E-state index in [2.05, 4.69) is 0 Å². The van der Waals surface area contributed by atoms with Crippen molar-refractivity contribution in [3.05, 3.63) is 69.8 Å².